The van der Waals surface area contributed by atoms with E-state index in [1.807, 2.05) is 13.2 Å². The van der Waals surface area contributed by atoms with E-state index in [1.165, 1.54) is 12.8 Å². The van der Waals surface area contributed by atoms with Gasteiger partial charge in [-0.25, -0.2) is 9.97 Å². The maximum absolute atomic E-state index is 5.87. The zero-order valence-electron chi connectivity index (χ0n) is 12.7. The van der Waals surface area contributed by atoms with Gasteiger partial charge in [0.05, 0.1) is 18.6 Å². The van der Waals surface area contributed by atoms with Gasteiger partial charge in [-0.15, -0.1) is 0 Å². The summed E-state index contributed by atoms with van der Waals surface area (Å²) < 4.78 is 7.58. The van der Waals surface area contributed by atoms with Crippen molar-refractivity contribution < 1.29 is 4.74 Å². The second-order valence-electron chi connectivity index (χ2n) is 5.80. The van der Waals surface area contributed by atoms with E-state index in [1.54, 1.807) is 17.1 Å². The molecule has 1 N–H and O–H groups in total. The monoisotopic (exact) mass is 287 g/mol. The highest BCUT2D eigenvalue weighted by molar-refractivity contribution is 5.30. The normalized spacial score (nSPS) is 14.7. The summed E-state index contributed by atoms with van der Waals surface area (Å²) in [6.07, 6.45) is 7.78. The number of nitrogens with one attached hydrogen (secondary N) is 1. The molecular formula is C15H21N5O. The smallest absolute Gasteiger partial charge is 0.168 e. The fourth-order valence-corrected chi connectivity index (χ4v) is 2.02. The van der Waals surface area contributed by atoms with E-state index in [9.17, 15) is 0 Å². The third-order valence-corrected chi connectivity index (χ3v) is 3.41. The van der Waals surface area contributed by atoms with Crippen molar-refractivity contribution in [3.8, 4) is 11.5 Å². The van der Waals surface area contributed by atoms with Crippen molar-refractivity contribution in [2.45, 2.75) is 45.2 Å². The van der Waals surface area contributed by atoms with Crippen molar-refractivity contribution in [1.29, 1.82) is 0 Å². The van der Waals surface area contributed by atoms with Gasteiger partial charge in [-0.1, -0.05) is 13.8 Å². The first kappa shape index (κ1) is 14.0. The van der Waals surface area contributed by atoms with Crippen molar-refractivity contribution >= 4 is 0 Å². The lowest BCUT2D eigenvalue weighted by atomic mass is 10.2. The highest BCUT2D eigenvalue weighted by Crippen LogP contribution is 2.26. The van der Waals surface area contributed by atoms with Crippen LogP contribution in [0.2, 0.25) is 0 Å². The topological polar surface area (TPSA) is 64.9 Å². The van der Waals surface area contributed by atoms with Gasteiger partial charge in [-0.3, -0.25) is 4.68 Å². The number of aromatic nitrogens is 4. The average molecular weight is 287 g/mol. The van der Waals surface area contributed by atoms with Crippen LogP contribution in [0.5, 0.6) is 11.5 Å². The molecule has 0 atom stereocenters. The van der Waals surface area contributed by atoms with E-state index in [0.29, 0.717) is 30.0 Å². The van der Waals surface area contributed by atoms with Gasteiger partial charge in [0.2, 0.25) is 0 Å². The molecule has 2 heterocycles. The van der Waals surface area contributed by atoms with Crippen LogP contribution in [0, 0.1) is 0 Å². The maximum atomic E-state index is 5.87. The zero-order valence-corrected chi connectivity index (χ0v) is 12.7. The van der Waals surface area contributed by atoms with Crippen LogP contribution in [0.4, 0.5) is 0 Å². The molecule has 0 aliphatic heterocycles. The van der Waals surface area contributed by atoms with Crippen molar-refractivity contribution in [1.82, 2.24) is 25.1 Å². The van der Waals surface area contributed by atoms with Gasteiger partial charge in [0.15, 0.2) is 11.5 Å². The van der Waals surface area contributed by atoms with Gasteiger partial charge in [0.25, 0.3) is 0 Å². The number of nitrogens with zero attached hydrogens (tertiary/aromatic N) is 4. The molecule has 0 aromatic carbocycles. The summed E-state index contributed by atoms with van der Waals surface area (Å²) in [5.41, 5.74) is 0.907. The number of ether oxygens (including phenoxy) is 1. The third kappa shape index (κ3) is 3.58. The summed E-state index contributed by atoms with van der Waals surface area (Å²) in [6, 6.07) is 0.633. The molecule has 6 nitrogen and oxygen atoms in total. The second-order valence-corrected chi connectivity index (χ2v) is 5.80. The lowest BCUT2D eigenvalue weighted by Crippen LogP contribution is -2.18. The van der Waals surface area contributed by atoms with E-state index in [-0.39, 0.29) is 0 Å². The Morgan fingerprint density at radius 1 is 1.38 bits per heavy atom. The largest absolute Gasteiger partial charge is 0.450 e. The molecule has 2 aromatic rings. The molecule has 1 aliphatic rings. The fourth-order valence-electron chi connectivity index (χ4n) is 2.02. The van der Waals surface area contributed by atoms with Gasteiger partial charge in [-0.05, 0) is 12.8 Å². The van der Waals surface area contributed by atoms with E-state index >= 15 is 0 Å². The van der Waals surface area contributed by atoms with Gasteiger partial charge in [0.1, 0.15) is 11.5 Å². The van der Waals surface area contributed by atoms with Crippen LogP contribution in [-0.4, -0.2) is 25.8 Å². The summed E-state index contributed by atoms with van der Waals surface area (Å²) >= 11 is 0. The van der Waals surface area contributed by atoms with Gasteiger partial charge >= 0.3 is 0 Å². The van der Waals surface area contributed by atoms with E-state index in [0.717, 1.165) is 11.5 Å². The first-order valence-electron chi connectivity index (χ1n) is 7.37. The van der Waals surface area contributed by atoms with Crippen LogP contribution < -0.4 is 10.1 Å². The summed E-state index contributed by atoms with van der Waals surface area (Å²) in [5, 5.41) is 7.59. The molecule has 0 amide bonds. The van der Waals surface area contributed by atoms with Crippen LogP contribution in [0.15, 0.2) is 18.6 Å². The minimum atomic E-state index is 0.303. The number of aryl methyl sites for hydroxylation is 1. The summed E-state index contributed by atoms with van der Waals surface area (Å²) in [6.45, 7) is 4.90. The predicted molar refractivity (Wildman–Crippen MR) is 79.3 cm³/mol. The number of rotatable bonds is 6. The van der Waals surface area contributed by atoms with Crippen LogP contribution >= 0.6 is 0 Å². The fraction of sp³-hybridized carbons (Fsp3) is 0.533. The molecule has 3 rings (SSSR count). The molecule has 0 unspecified atom stereocenters. The number of hydrogen-bond donors (Lipinski definition) is 1. The quantitative estimate of drug-likeness (QED) is 0.883. The highest BCUT2D eigenvalue weighted by Gasteiger charge is 2.21. The molecule has 6 heteroatoms. The van der Waals surface area contributed by atoms with E-state index < -0.39 is 0 Å². The second kappa shape index (κ2) is 5.81. The molecule has 21 heavy (non-hydrogen) atoms. The van der Waals surface area contributed by atoms with Gasteiger partial charge < -0.3 is 10.1 Å². The Balaban J connectivity index is 1.81. The predicted octanol–water partition coefficient (Wildman–Crippen LogP) is 2.38. The van der Waals surface area contributed by atoms with Crippen LogP contribution in [-0.2, 0) is 13.6 Å². The van der Waals surface area contributed by atoms with Crippen molar-refractivity contribution in [2.24, 2.45) is 7.05 Å². The van der Waals surface area contributed by atoms with Crippen LogP contribution in [0.1, 0.15) is 44.1 Å². The lowest BCUT2D eigenvalue weighted by Gasteiger charge is -2.12. The summed E-state index contributed by atoms with van der Waals surface area (Å²) in [5.74, 6) is 2.55. The minimum Gasteiger partial charge on any atom is -0.450 e. The molecule has 2 aromatic heterocycles. The molecule has 1 aliphatic carbocycles. The summed E-state index contributed by atoms with van der Waals surface area (Å²) in [4.78, 5) is 9.04. The SMILES string of the molecule is CC(C)c1ncc(Oc2cnn(C)c2)c(CNC2CC2)n1. The summed E-state index contributed by atoms with van der Waals surface area (Å²) in [7, 11) is 1.86. The Hall–Kier alpha value is -1.95. The minimum absolute atomic E-state index is 0.303. The Bertz CT molecular complexity index is 618. The molecular weight excluding hydrogens is 266 g/mol. The Morgan fingerprint density at radius 3 is 2.81 bits per heavy atom. The Kier molecular flexibility index (Phi) is 3.88. The number of hydrogen-bond acceptors (Lipinski definition) is 5. The van der Waals surface area contributed by atoms with Crippen molar-refractivity contribution in [3.05, 3.63) is 30.1 Å². The first-order valence-corrected chi connectivity index (χ1v) is 7.37. The van der Waals surface area contributed by atoms with E-state index in [2.05, 4.69) is 34.2 Å². The molecule has 0 radical (unpaired) electrons. The average Bonchev–Trinajstić information content (AvgIpc) is 3.20. The van der Waals surface area contributed by atoms with Gasteiger partial charge in [0, 0.05) is 25.6 Å². The van der Waals surface area contributed by atoms with E-state index in [4.69, 9.17) is 4.74 Å². The highest BCUT2D eigenvalue weighted by atomic mass is 16.5. The standard InChI is InChI=1S/C15H21N5O/c1-10(2)15-17-8-14(21-12-6-18-20(3)9-12)13(19-15)7-16-11-4-5-11/h6,8-11,16H,4-5,7H2,1-3H3. The zero-order chi connectivity index (χ0) is 14.8. The van der Waals surface area contributed by atoms with Crippen molar-refractivity contribution in [3.63, 3.8) is 0 Å². The molecule has 0 saturated heterocycles. The van der Waals surface area contributed by atoms with Crippen molar-refractivity contribution in [2.75, 3.05) is 0 Å². The Morgan fingerprint density at radius 2 is 2.19 bits per heavy atom. The van der Waals surface area contributed by atoms with Crippen LogP contribution in [0.3, 0.4) is 0 Å². The Labute approximate surface area is 124 Å². The lowest BCUT2D eigenvalue weighted by molar-refractivity contribution is 0.461. The molecule has 112 valence electrons. The molecule has 0 bridgehead atoms. The maximum Gasteiger partial charge on any atom is 0.168 e. The molecule has 0 spiro atoms. The first-order chi connectivity index (χ1) is 10.1. The van der Waals surface area contributed by atoms with Gasteiger partial charge in [-0.2, -0.15) is 5.10 Å². The van der Waals surface area contributed by atoms with Crippen LogP contribution in [0.25, 0.3) is 0 Å². The molecule has 1 saturated carbocycles. The molecule has 1 fully saturated rings. The third-order valence-electron chi connectivity index (χ3n) is 3.41.